The summed E-state index contributed by atoms with van der Waals surface area (Å²) in [6, 6.07) is 6.81. The second-order valence-corrected chi connectivity index (χ2v) is 7.03. The molecule has 2 N–H and O–H groups in total. The number of hydrogen-bond acceptors (Lipinski definition) is 6. The van der Waals surface area contributed by atoms with Crippen molar-refractivity contribution in [1.82, 2.24) is 0 Å². The first-order valence-electron chi connectivity index (χ1n) is 7.00. The maximum atomic E-state index is 12.4. The van der Waals surface area contributed by atoms with E-state index in [9.17, 15) is 13.2 Å². The van der Waals surface area contributed by atoms with E-state index < -0.39 is 27.5 Å². The normalized spacial score (nSPS) is 13.9. The van der Waals surface area contributed by atoms with Gasteiger partial charge in [0.15, 0.2) is 0 Å². The summed E-state index contributed by atoms with van der Waals surface area (Å²) in [7, 11) is -2.69. The molecule has 2 atom stereocenters. The molecule has 128 valence electrons. The van der Waals surface area contributed by atoms with E-state index in [-0.39, 0.29) is 12.1 Å². The molecule has 0 bridgehead atoms. The maximum Gasteiger partial charge on any atom is 0.311 e. The van der Waals surface area contributed by atoms with E-state index in [0.29, 0.717) is 5.69 Å². The average molecular weight is 342 g/mol. The summed E-state index contributed by atoms with van der Waals surface area (Å²) < 4.78 is 37.2. The number of aryl methyl sites for hydroxylation is 1. The molecular weight excluding hydrogens is 320 g/mol. The number of rotatable bonds is 8. The summed E-state index contributed by atoms with van der Waals surface area (Å²) in [5, 5.41) is 7.25. The first kappa shape index (κ1) is 19.1. The number of nitrogens with one attached hydrogen (secondary N) is 2. The fourth-order valence-corrected chi connectivity index (χ4v) is 3.33. The molecule has 0 spiro atoms. The Kier molecular flexibility index (Phi) is 6.71. The highest BCUT2D eigenvalue weighted by Crippen LogP contribution is 2.17. The quantitative estimate of drug-likeness (QED) is 0.556. The van der Waals surface area contributed by atoms with Gasteiger partial charge in [-0.25, -0.2) is 8.42 Å². The Hall–Kier alpha value is -1.93. The third-order valence-corrected chi connectivity index (χ3v) is 4.67. The van der Waals surface area contributed by atoms with Crippen LogP contribution < -0.4 is 4.72 Å². The lowest BCUT2D eigenvalue weighted by molar-refractivity contribution is -0.150. The van der Waals surface area contributed by atoms with Gasteiger partial charge < -0.3 is 14.9 Å². The van der Waals surface area contributed by atoms with Crippen LogP contribution in [-0.4, -0.2) is 38.7 Å². The third-order valence-electron chi connectivity index (χ3n) is 2.96. The van der Waals surface area contributed by atoms with Gasteiger partial charge in [-0.3, -0.25) is 9.52 Å². The number of esters is 1. The van der Waals surface area contributed by atoms with E-state index in [4.69, 9.17) is 14.9 Å². The molecule has 0 aliphatic rings. The third kappa shape index (κ3) is 5.99. The molecule has 0 saturated carbocycles. The van der Waals surface area contributed by atoms with Crippen molar-refractivity contribution in [3.05, 3.63) is 29.8 Å². The van der Waals surface area contributed by atoms with Crippen LogP contribution in [0.3, 0.4) is 0 Å². The molecule has 0 aromatic heterocycles. The van der Waals surface area contributed by atoms with E-state index in [1.807, 2.05) is 6.92 Å². The Morgan fingerprint density at radius 3 is 2.35 bits per heavy atom. The van der Waals surface area contributed by atoms with E-state index in [1.165, 1.54) is 21.0 Å². The van der Waals surface area contributed by atoms with E-state index in [1.54, 1.807) is 24.3 Å². The monoisotopic (exact) mass is 342 g/mol. The molecule has 0 amide bonds. The Morgan fingerprint density at radius 1 is 1.30 bits per heavy atom. The summed E-state index contributed by atoms with van der Waals surface area (Å²) in [5.41, 5.74) is 0.169. The predicted octanol–water partition coefficient (Wildman–Crippen LogP) is 2.07. The molecule has 0 radical (unpaired) electrons. The standard InChI is InChI=1S/C15H22N2O5S/c1-10-5-7-13(8-6-10)17-23(19,20)15(21-4)12(3)22-14(18)9-11(2)16/h5-8,12,15-17H,9H2,1-4H3/t12-,15+/m1/s1. The van der Waals surface area contributed by atoms with Crippen LogP contribution >= 0.6 is 0 Å². The van der Waals surface area contributed by atoms with Gasteiger partial charge in [0, 0.05) is 18.5 Å². The number of hydrogen-bond donors (Lipinski definition) is 2. The predicted molar refractivity (Wildman–Crippen MR) is 88.1 cm³/mol. The van der Waals surface area contributed by atoms with E-state index in [2.05, 4.69) is 4.72 Å². The van der Waals surface area contributed by atoms with E-state index in [0.717, 1.165) is 5.56 Å². The molecule has 1 aromatic carbocycles. The van der Waals surface area contributed by atoms with Crippen molar-refractivity contribution in [3.63, 3.8) is 0 Å². The van der Waals surface area contributed by atoms with Crippen LogP contribution in [-0.2, 0) is 24.3 Å². The van der Waals surface area contributed by atoms with Gasteiger partial charge in [-0.15, -0.1) is 0 Å². The first-order chi connectivity index (χ1) is 10.7. The second-order valence-electron chi connectivity index (χ2n) is 5.27. The van der Waals surface area contributed by atoms with Gasteiger partial charge in [0.05, 0.1) is 6.42 Å². The summed E-state index contributed by atoms with van der Waals surface area (Å²) in [6.45, 7) is 4.79. The SMILES string of the molecule is CO[C@H]([C@@H](C)OC(=O)CC(C)=N)S(=O)(=O)Nc1ccc(C)cc1. The maximum absolute atomic E-state index is 12.4. The molecule has 0 saturated heterocycles. The summed E-state index contributed by atoms with van der Waals surface area (Å²) >= 11 is 0. The minimum absolute atomic E-state index is 0.136. The van der Waals surface area contributed by atoms with Crippen molar-refractivity contribution in [2.75, 3.05) is 11.8 Å². The molecule has 8 heteroatoms. The van der Waals surface area contributed by atoms with Crippen molar-refractivity contribution < 1.29 is 22.7 Å². The minimum atomic E-state index is -3.91. The summed E-state index contributed by atoms with van der Waals surface area (Å²) in [5.74, 6) is -0.669. The number of methoxy groups -OCH3 is 1. The highest BCUT2D eigenvalue weighted by molar-refractivity contribution is 7.93. The molecular formula is C15H22N2O5S. The molecule has 0 aliphatic heterocycles. The topological polar surface area (TPSA) is 106 Å². The number of ether oxygens (including phenoxy) is 2. The molecule has 7 nitrogen and oxygen atoms in total. The lowest BCUT2D eigenvalue weighted by Gasteiger charge is -2.23. The van der Waals surface area contributed by atoms with E-state index >= 15 is 0 Å². The Balaban J connectivity index is 2.83. The van der Waals surface area contributed by atoms with Crippen LogP contribution in [0.1, 0.15) is 25.8 Å². The average Bonchev–Trinajstić information content (AvgIpc) is 2.40. The lowest BCUT2D eigenvalue weighted by atomic mass is 10.2. The number of benzene rings is 1. The van der Waals surface area contributed by atoms with Crippen molar-refractivity contribution in [3.8, 4) is 0 Å². The van der Waals surface area contributed by atoms with Crippen LogP contribution in [0.2, 0.25) is 0 Å². The number of sulfonamides is 1. The van der Waals surface area contributed by atoms with Gasteiger partial charge in [0.25, 0.3) is 10.0 Å². The van der Waals surface area contributed by atoms with Crippen LogP contribution in [0.4, 0.5) is 5.69 Å². The van der Waals surface area contributed by atoms with Crippen LogP contribution in [0.25, 0.3) is 0 Å². The molecule has 0 fully saturated rings. The van der Waals surface area contributed by atoms with Crippen molar-refractivity contribution >= 4 is 27.4 Å². The number of anilines is 1. The van der Waals surface area contributed by atoms with Crippen molar-refractivity contribution in [1.29, 1.82) is 5.41 Å². The summed E-state index contributed by atoms with van der Waals surface area (Å²) in [6.07, 6.45) is -1.21. The van der Waals surface area contributed by atoms with Crippen LogP contribution in [0.5, 0.6) is 0 Å². The molecule has 1 aromatic rings. The van der Waals surface area contributed by atoms with Gasteiger partial charge in [0.2, 0.25) is 5.44 Å². The fraction of sp³-hybridized carbons (Fsp3) is 0.467. The summed E-state index contributed by atoms with van der Waals surface area (Å²) in [4.78, 5) is 11.6. The molecule has 0 aliphatic carbocycles. The smallest absolute Gasteiger partial charge is 0.311 e. The molecule has 1 rings (SSSR count). The zero-order valence-corrected chi connectivity index (χ0v) is 14.4. The molecule has 23 heavy (non-hydrogen) atoms. The Morgan fingerprint density at radius 2 is 1.87 bits per heavy atom. The lowest BCUT2D eigenvalue weighted by Crippen LogP contribution is -2.40. The van der Waals surface area contributed by atoms with Gasteiger partial charge in [-0.2, -0.15) is 0 Å². The first-order valence-corrected chi connectivity index (χ1v) is 8.55. The van der Waals surface area contributed by atoms with Gasteiger partial charge in [-0.05, 0) is 32.9 Å². The van der Waals surface area contributed by atoms with Gasteiger partial charge in [-0.1, -0.05) is 17.7 Å². The fourth-order valence-electron chi connectivity index (χ4n) is 1.94. The van der Waals surface area contributed by atoms with Gasteiger partial charge >= 0.3 is 5.97 Å². The van der Waals surface area contributed by atoms with Crippen molar-refractivity contribution in [2.24, 2.45) is 0 Å². The highest BCUT2D eigenvalue weighted by atomic mass is 32.2. The molecule has 0 unspecified atom stereocenters. The molecule has 0 heterocycles. The largest absolute Gasteiger partial charge is 0.458 e. The van der Waals surface area contributed by atoms with Gasteiger partial charge in [0.1, 0.15) is 6.10 Å². The van der Waals surface area contributed by atoms with Crippen molar-refractivity contribution in [2.45, 2.75) is 38.7 Å². The second kappa shape index (κ2) is 8.07. The minimum Gasteiger partial charge on any atom is -0.458 e. The number of carbonyl (C=O) groups is 1. The number of carbonyl (C=O) groups excluding carboxylic acids is 1. The zero-order chi connectivity index (χ0) is 17.6. The van der Waals surface area contributed by atoms with Crippen LogP contribution in [0.15, 0.2) is 24.3 Å². The highest BCUT2D eigenvalue weighted by Gasteiger charge is 2.33. The Bertz CT molecular complexity index is 655. The van der Waals surface area contributed by atoms with Crippen LogP contribution in [0, 0.1) is 12.3 Å². The zero-order valence-electron chi connectivity index (χ0n) is 13.6. The Labute approximate surface area is 136 Å².